The van der Waals surface area contributed by atoms with Crippen LogP contribution in [0.25, 0.3) is 0 Å². The number of rotatable bonds is 5. The number of hydrogen-bond donors (Lipinski definition) is 4. The number of nitrogens with one attached hydrogen (secondary N) is 2. The summed E-state index contributed by atoms with van der Waals surface area (Å²) in [5, 5.41) is 23.6. The van der Waals surface area contributed by atoms with Gasteiger partial charge < -0.3 is 25.4 Å². The van der Waals surface area contributed by atoms with E-state index in [0.717, 1.165) is 0 Å². The van der Waals surface area contributed by atoms with Crippen molar-refractivity contribution in [2.75, 3.05) is 18.4 Å². The number of hydrogen-bond acceptors (Lipinski definition) is 6. The number of pyridine rings is 1. The Balaban J connectivity index is 2.31. The second kappa shape index (κ2) is 7.11. The fourth-order valence-electron chi connectivity index (χ4n) is 1.37. The van der Waals surface area contributed by atoms with E-state index in [2.05, 4.69) is 15.6 Å². The van der Waals surface area contributed by atoms with Gasteiger partial charge in [-0.3, -0.25) is 0 Å². The minimum Gasteiger partial charge on any atom is -0.444 e. The van der Waals surface area contributed by atoms with Crippen molar-refractivity contribution in [3.05, 3.63) is 18.3 Å². The maximum Gasteiger partial charge on any atom is 0.488 e. The first kappa shape index (κ1) is 16.3. The third-order valence-electron chi connectivity index (χ3n) is 2.18. The van der Waals surface area contributed by atoms with Gasteiger partial charge in [0.1, 0.15) is 11.4 Å². The molecule has 0 unspecified atom stereocenters. The molecule has 0 radical (unpaired) electrons. The topological polar surface area (TPSA) is 104 Å². The molecule has 4 N–H and O–H groups in total. The third kappa shape index (κ3) is 6.39. The van der Waals surface area contributed by atoms with Crippen molar-refractivity contribution in [2.45, 2.75) is 26.4 Å². The van der Waals surface area contributed by atoms with Crippen molar-refractivity contribution in [1.82, 2.24) is 10.3 Å². The van der Waals surface area contributed by atoms with Crippen LogP contribution in [0.4, 0.5) is 10.6 Å². The van der Waals surface area contributed by atoms with Crippen LogP contribution in [-0.2, 0) is 4.74 Å². The number of alkyl carbamates (subject to hydrolysis) is 1. The molecule has 1 rings (SSSR count). The number of ether oxygens (including phenoxy) is 1. The third-order valence-corrected chi connectivity index (χ3v) is 2.18. The van der Waals surface area contributed by atoms with Crippen LogP contribution in [0.1, 0.15) is 20.8 Å². The Morgan fingerprint density at radius 2 is 2.10 bits per heavy atom. The standard InChI is InChI=1S/C12H20BN3O4/c1-12(2,3)20-11(17)16-7-6-15-10-8-9(13(18)19)4-5-14-10/h4-5,8,18-19H,6-7H2,1-3H3,(H,14,15)(H,16,17). The number of carbonyl (C=O) groups is 1. The monoisotopic (exact) mass is 281 g/mol. The minimum absolute atomic E-state index is 0.350. The van der Waals surface area contributed by atoms with Crippen LogP contribution >= 0.6 is 0 Å². The fraction of sp³-hybridized carbons (Fsp3) is 0.500. The Morgan fingerprint density at radius 1 is 1.40 bits per heavy atom. The van der Waals surface area contributed by atoms with Gasteiger partial charge in [-0.1, -0.05) is 0 Å². The smallest absolute Gasteiger partial charge is 0.444 e. The Morgan fingerprint density at radius 3 is 2.70 bits per heavy atom. The van der Waals surface area contributed by atoms with Crippen molar-refractivity contribution in [3.63, 3.8) is 0 Å². The molecule has 7 nitrogen and oxygen atoms in total. The molecule has 0 spiro atoms. The van der Waals surface area contributed by atoms with Crippen LogP contribution in [0.2, 0.25) is 0 Å². The molecular formula is C12H20BN3O4. The summed E-state index contributed by atoms with van der Waals surface area (Å²) in [5.74, 6) is 0.501. The highest BCUT2D eigenvalue weighted by atomic mass is 16.6. The van der Waals surface area contributed by atoms with E-state index >= 15 is 0 Å². The van der Waals surface area contributed by atoms with Crippen LogP contribution in [0.15, 0.2) is 18.3 Å². The molecule has 0 saturated heterocycles. The van der Waals surface area contributed by atoms with Gasteiger partial charge in [0.25, 0.3) is 0 Å². The Labute approximate surface area is 118 Å². The zero-order chi connectivity index (χ0) is 15.2. The zero-order valence-corrected chi connectivity index (χ0v) is 11.9. The molecule has 0 aliphatic heterocycles. The lowest BCUT2D eigenvalue weighted by molar-refractivity contribution is 0.0530. The van der Waals surface area contributed by atoms with Crippen molar-refractivity contribution in [1.29, 1.82) is 0 Å². The molecule has 0 aliphatic rings. The number of aromatic nitrogens is 1. The van der Waals surface area contributed by atoms with Gasteiger partial charge in [-0.05, 0) is 38.4 Å². The lowest BCUT2D eigenvalue weighted by atomic mass is 9.81. The molecule has 0 fully saturated rings. The van der Waals surface area contributed by atoms with Crippen LogP contribution in [0.5, 0.6) is 0 Å². The average molecular weight is 281 g/mol. The second-order valence-electron chi connectivity index (χ2n) is 5.20. The van der Waals surface area contributed by atoms with Gasteiger partial charge in [0, 0.05) is 19.3 Å². The average Bonchev–Trinajstić information content (AvgIpc) is 2.33. The number of amides is 1. The first-order valence-corrected chi connectivity index (χ1v) is 6.31. The highest BCUT2D eigenvalue weighted by Crippen LogP contribution is 2.06. The molecule has 110 valence electrons. The van der Waals surface area contributed by atoms with Gasteiger partial charge in [-0.25, -0.2) is 9.78 Å². The largest absolute Gasteiger partial charge is 0.488 e. The van der Waals surface area contributed by atoms with Crippen LogP contribution in [-0.4, -0.2) is 46.9 Å². The maximum absolute atomic E-state index is 11.4. The Hall–Kier alpha value is -1.80. The van der Waals surface area contributed by atoms with E-state index < -0.39 is 18.8 Å². The number of anilines is 1. The van der Waals surface area contributed by atoms with Crippen molar-refractivity contribution < 1.29 is 19.6 Å². The first-order valence-electron chi connectivity index (χ1n) is 6.31. The predicted molar refractivity (Wildman–Crippen MR) is 76.8 cm³/mol. The molecule has 0 aromatic carbocycles. The normalized spacial score (nSPS) is 10.8. The van der Waals surface area contributed by atoms with Gasteiger partial charge in [-0.2, -0.15) is 0 Å². The summed E-state index contributed by atoms with van der Waals surface area (Å²) < 4.78 is 5.08. The molecule has 20 heavy (non-hydrogen) atoms. The summed E-state index contributed by atoms with van der Waals surface area (Å²) in [5.41, 5.74) is -0.174. The summed E-state index contributed by atoms with van der Waals surface area (Å²) >= 11 is 0. The predicted octanol–water partition coefficient (Wildman–Crippen LogP) is -0.302. The molecule has 8 heteroatoms. The molecule has 0 atom stereocenters. The fourth-order valence-corrected chi connectivity index (χ4v) is 1.37. The second-order valence-corrected chi connectivity index (χ2v) is 5.20. The molecule has 0 saturated carbocycles. The summed E-state index contributed by atoms with van der Waals surface area (Å²) in [6.07, 6.45) is 0.991. The van der Waals surface area contributed by atoms with Gasteiger partial charge in [-0.15, -0.1) is 0 Å². The molecular weight excluding hydrogens is 261 g/mol. The Bertz CT molecular complexity index is 449. The molecule has 1 aromatic rings. The van der Waals surface area contributed by atoms with E-state index in [9.17, 15) is 4.79 Å². The summed E-state index contributed by atoms with van der Waals surface area (Å²) in [4.78, 5) is 15.4. The first-order chi connectivity index (χ1) is 9.28. The van der Waals surface area contributed by atoms with Gasteiger partial charge >= 0.3 is 13.2 Å². The van der Waals surface area contributed by atoms with E-state index in [1.807, 2.05) is 0 Å². The van der Waals surface area contributed by atoms with Gasteiger partial charge in [0.2, 0.25) is 0 Å². The quantitative estimate of drug-likeness (QED) is 0.436. The number of carbonyl (C=O) groups excluding carboxylic acids is 1. The summed E-state index contributed by atoms with van der Waals surface area (Å²) in [6, 6.07) is 3.03. The SMILES string of the molecule is CC(C)(C)OC(=O)NCCNc1cc(B(O)O)ccn1. The molecule has 1 amide bonds. The van der Waals surface area contributed by atoms with E-state index in [0.29, 0.717) is 24.4 Å². The van der Waals surface area contributed by atoms with Crippen molar-refractivity contribution in [2.24, 2.45) is 0 Å². The van der Waals surface area contributed by atoms with Gasteiger partial charge in [0.05, 0.1) is 0 Å². The Kier molecular flexibility index (Phi) is 5.78. The molecule has 1 aromatic heterocycles. The maximum atomic E-state index is 11.4. The van der Waals surface area contributed by atoms with E-state index in [1.165, 1.54) is 18.3 Å². The van der Waals surface area contributed by atoms with Gasteiger partial charge in [0.15, 0.2) is 0 Å². The number of nitrogens with zero attached hydrogens (tertiary/aromatic N) is 1. The molecule has 0 aliphatic carbocycles. The highest BCUT2D eigenvalue weighted by molar-refractivity contribution is 6.58. The summed E-state index contributed by atoms with van der Waals surface area (Å²) in [6.45, 7) is 6.18. The zero-order valence-electron chi connectivity index (χ0n) is 11.9. The van der Waals surface area contributed by atoms with Crippen LogP contribution in [0.3, 0.4) is 0 Å². The van der Waals surface area contributed by atoms with Crippen molar-refractivity contribution >= 4 is 24.5 Å². The lowest BCUT2D eigenvalue weighted by Crippen LogP contribution is -2.35. The van der Waals surface area contributed by atoms with Crippen LogP contribution in [0, 0.1) is 0 Å². The van der Waals surface area contributed by atoms with Crippen LogP contribution < -0.4 is 16.1 Å². The van der Waals surface area contributed by atoms with E-state index in [1.54, 1.807) is 20.8 Å². The molecule has 1 heterocycles. The van der Waals surface area contributed by atoms with Crippen molar-refractivity contribution in [3.8, 4) is 0 Å². The van der Waals surface area contributed by atoms with E-state index in [-0.39, 0.29) is 0 Å². The highest BCUT2D eigenvalue weighted by Gasteiger charge is 2.15. The lowest BCUT2D eigenvalue weighted by Gasteiger charge is -2.19. The van der Waals surface area contributed by atoms with E-state index in [4.69, 9.17) is 14.8 Å². The summed E-state index contributed by atoms with van der Waals surface area (Å²) in [7, 11) is -1.53. The molecule has 0 bridgehead atoms. The minimum atomic E-state index is -1.53.